The van der Waals surface area contributed by atoms with Crippen LogP contribution >= 0.6 is 0 Å². The van der Waals surface area contributed by atoms with Gasteiger partial charge >= 0.3 is 0 Å². The van der Waals surface area contributed by atoms with Crippen LogP contribution in [0.2, 0.25) is 0 Å². The Labute approximate surface area is 57.2 Å². The molecule has 0 heterocycles. The number of rotatable bonds is 6. The lowest BCUT2D eigenvalue weighted by atomic mass is 10.5. The molecule has 3 N–H and O–H groups in total. The molecule has 0 aromatic heterocycles. The third-order valence-electron chi connectivity index (χ3n) is 0.979. The van der Waals surface area contributed by atoms with E-state index >= 15 is 0 Å². The number of hydrogen-bond acceptors (Lipinski definition) is 3. The largest absolute Gasteiger partial charge is 0.308 e. The Kier molecular flexibility index (Phi) is 7.77. The topological polar surface area (TPSA) is 36.1 Å². The van der Waals surface area contributed by atoms with Gasteiger partial charge in [-0.15, -0.1) is 0 Å². The number of hydrogen-bond donors (Lipinski definition) is 3. The molecule has 0 spiro atoms. The van der Waals surface area contributed by atoms with Gasteiger partial charge < -0.3 is 10.6 Å². The van der Waals surface area contributed by atoms with Crippen molar-refractivity contribution in [3.63, 3.8) is 0 Å². The van der Waals surface area contributed by atoms with Crippen molar-refractivity contribution in [2.45, 2.75) is 13.3 Å². The van der Waals surface area contributed by atoms with Crippen molar-refractivity contribution >= 4 is 0 Å². The molecule has 0 aromatic rings. The Morgan fingerprint density at radius 2 is 1.89 bits per heavy atom. The summed E-state index contributed by atoms with van der Waals surface area (Å²) in [6.45, 7) is 5.02. The molecule has 9 heavy (non-hydrogen) atoms. The quantitative estimate of drug-likeness (QED) is 0.342. The van der Waals surface area contributed by atoms with E-state index in [1.165, 1.54) is 6.42 Å². The van der Waals surface area contributed by atoms with Gasteiger partial charge in [0.2, 0.25) is 0 Å². The molecule has 0 unspecified atom stereocenters. The molecular weight excluding hydrogens is 114 g/mol. The highest BCUT2D eigenvalue weighted by molar-refractivity contribution is 4.41. The molecule has 0 atom stereocenters. The molecule has 0 rings (SSSR count). The predicted molar refractivity (Wildman–Crippen MR) is 40.2 cm³/mol. The highest BCUT2D eigenvalue weighted by atomic mass is 15.1. The van der Waals surface area contributed by atoms with Crippen LogP contribution in [0.25, 0.3) is 0 Å². The first-order valence-electron chi connectivity index (χ1n) is 3.47. The van der Waals surface area contributed by atoms with E-state index in [0.29, 0.717) is 0 Å². The average molecular weight is 131 g/mol. The summed E-state index contributed by atoms with van der Waals surface area (Å²) in [4.78, 5) is 0. The van der Waals surface area contributed by atoms with Crippen LogP contribution in [0.15, 0.2) is 0 Å². The van der Waals surface area contributed by atoms with Gasteiger partial charge in [-0.05, 0) is 20.0 Å². The van der Waals surface area contributed by atoms with E-state index in [1.807, 2.05) is 7.05 Å². The van der Waals surface area contributed by atoms with E-state index < -0.39 is 0 Å². The van der Waals surface area contributed by atoms with Gasteiger partial charge in [0.1, 0.15) is 0 Å². The Morgan fingerprint density at radius 3 is 2.44 bits per heavy atom. The van der Waals surface area contributed by atoms with Crippen LogP contribution in [0, 0.1) is 0 Å². The maximum atomic E-state index is 3.22. The Hall–Kier alpha value is -0.120. The molecule has 0 aliphatic carbocycles. The Morgan fingerprint density at radius 1 is 1.11 bits per heavy atom. The fraction of sp³-hybridized carbons (Fsp3) is 1.00. The van der Waals surface area contributed by atoms with Gasteiger partial charge in [0, 0.05) is 13.3 Å². The van der Waals surface area contributed by atoms with E-state index in [9.17, 15) is 0 Å². The summed E-state index contributed by atoms with van der Waals surface area (Å²) in [6, 6.07) is 0. The third-order valence-corrected chi connectivity index (χ3v) is 0.979. The van der Waals surface area contributed by atoms with Gasteiger partial charge in [-0.25, -0.2) is 0 Å². The standard InChI is InChI=1S/C6H17N3/c1-3-4-8-6-9-5-7-2/h7-9H,3-6H2,1-2H3. The smallest absolute Gasteiger partial charge is 0.0464 e. The zero-order valence-electron chi connectivity index (χ0n) is 6.33. The fourth-order valence-electron chi connectivity index (χ4n) is 0.541. The Balaban J connectivity index is 2.60. The molecule has 0 amide bonds. The lowest BCUT2D eigenvalue weighted by Crippen LogP contribution is -2.34. The zero-order valence-corrected chi connectivity index (χ0v) is 6.33. The second-order valence-electron chi connectivity index (χ2n) is 1.96. The monoisotopic (exact) mass is 131 g/mol. The second-order valence-corrected chi connectivity index (χ2v) is 1.96. The predicted octanol–water partition coefficient (Wildman–Crippen LogP) is -0.290. The minimum atomic E-state index is 0.872. The summed E-state index contributed by atoms with van der Waals surface area (Å²) in [5, 5.41) is 9.36. The maximum absolute atomic E-state index is 3.22. The SMILES string of the molecule is CCCNCNCNC. The highest BCUT2D eigenvalue weighted by Crippen LogP contribution is 1.65. The second kappa shape index (κ2) is 7.88. The van der Waals surface area contributed by atoms with E-state index in [1.54, 1.807) is 0 Å². The summed E-state index contributed by atoms with van der Waals surface area (Å²) in [7, 11) is 1.92. The summed E-state index contributed by atoms with van der Waals surface area (Å²) in [5.41, 5.74) is 0. The average Bonchev–Trinajstić information content (AvgIpc) is 1.89. The molecule has 0 fully saturated rings. The molecule has 0 aliphatic heterocycles. The van der Waals surface area contributed by atoms with Gasteiger partial charge in [0.05, 0.1) is 0 Å². The van der Waals surface area contributed by atoms with Crippen LogP contribution in [0.3, 0.4) is 0 Å². The van der Waals surface area contributed by atoms with Crippen molar-refractivity contribution in [2.75, 3.05) is 26.9 Å². The van der Waals surface area contributed by atoms with Crippen LogP contribution in [0.4, 0.5) is 0 Å². The summed E-state index contributed by atoms with van der Waals surface area (Å²) in [6.07, 6.45) is 1.20. The van der Waals surface area contributed by atoms with Crippen molar-refractivity contribution in [2.24, 2.45) is 0 Å². The summed E-state index contributed by atoms with van der Waals surface area (Å²) >= 11 is 0. The maximum Gasteiger partial charge on any atom is 0.0464 e. The Bertz CT molecular complexity index is 41.6. The molecule has 0 bridgehead atoms. The van der Waals surface area contributed by atoms with Crippen molar-refractivity contribution in [3.8, 4) is 0 Å². The van der Waals surface area contributed by atoms with Gasteiger partial charge in [-0.3, -0.25) is 5.32 Å². The van der Waals surface area contributed by atoms with Crippen molar-refractivity contribution in [1.82, 2.24) is 16.0 Å². The lowest BCUT2D eigenvalue weighted by Gasteiger charge is -2.03. The molecule has 0 saturated carbocycles. The molecule has 3 heteroatoms. The molecule has 0 radical (unpaired) electrons. The van der Waals surface area contributed by atoms with Gasteiger partial charge in [0.15, 0.2) is 0 Å². The molecule has 0 aliphatic rings. The first-order valence-corrected chi connectivity index (χ1v) is 3.47. The first-order chi connectivity index (χ1) is 4.41. The molecule has 0 aromatic carbocycles. The van der Waals surface area contributed by atoms with Crippen LogP contribution in [-0.4, -0.2) is 26.9 Å². The first kappa shape index (κ1) is 8.88. The van der Waals surface area contributed by atoms with Crippen molar-refractivity contribution in [1.29, 1.82) is 0 Å². The van der Waals surface area contributed by atoms with E-state index in [0.717, 1.165) is 19.9 Å². The highest BCUT2D eigenvalue weighted by Gasteiger charge is 1.80. The molecular formula is C6H17N3. The van der Waals surface area contributed by atoms with Crippen LogP contribution in [0.1, 0.15) is 13.3 Å². The van der Waals surface area contributed by atoms with Crippen LogP contribution < -0.4 is 16.0 Å². The molecule has 3 nitrogen and oxygen atoms in total. The van der Waals surface area contributed by atoms with E-state index in [2.05, 4.69) is 22.9 Å². The summed E-state index contributed by atoms with van der Waals surface area (Å²) < 4.78 is 0. The van der Waals surface area contributed by atoms with E-state index in [4.69, 9.17) is 0 Å². The number of nitrogens with one attached hydrogen (secondary N) is 3. The minimum absolute atomic E-state index is 0.872. The van der Waals surface area contributed by atoms with Crippen molar-refractivity contribution in [3.05, 3.63) is 0 Å². The van der Waals surface area contributed by atoms with Crippen LogP contribution in [0.5, 0.6) is 0 Å². The zero-order chi connectivity index (χ0) is 6.95. The van der Waals surface area contributed by atoms with Gasteiger partial charge in [-0.1, -0.05) is 6.92 Å². The fourth-order valence-corrected chi connectivity index (χ4v) is 0.541. The van der Waals surface area contributed by atoms with Crippen molar-refractivity contribution < 1.29 is 0 Å². The van der Waals surface area contributed by atoms with Gasteiger partial charge in [-0.2, -0.15) is 0 Å². The third kappa shape index (κ3) is 7.88. The van der Waals surface area contributed by atoms with Crippen LogP contribution in [-0.2, 0) is 0 Å². The lowest BCUT2D eigenvalue weighted by molar-refractivity contribution is 0.556. The molecule has 56 valence electrons. The summed E-state index contributed by atoms with van der Waals surface area (Å²) in [5.74, 6) is 0. The normalized spacial score (nSPS) is 10.0. The molecule has 0 saturated heterocycles. The minimum Gasteiger partial charge on any atom is -0.308 e. The van der Waals surface area contributed by atoms with E-state index in [-0.39, 0.29) is 0 Å². The van der Waals surface area contributed by atoms with Gasteiger partial charge in [0.25, 0.3) is 0 Å².